The van der Waals surface area contributed by atoms with E-state index in [1.807, 2.05) is 4.90 Å². The van der Waals surface area contributed by atoms with Crippen LogP contribution in [0.2, 0.25) is 0 Å². The molecule has 3 aromatic rings. The molecule has 1 aliphatic carbocycles. The summed E-state index contributed by atoms with van der Waals surface area (Å²) >= 11 is 1.69. The molecule has 180 valence electrons. The number of methoxy groups -OCH3 is 1. The molecule has 1 saturated heterocycles. The van der Waals surface area contributed by atoms with Crippen molar-refractivity contribution in [3.8, 4) is 17.0 Å². The summed E-state index contributed by atoms with van der Waals surface area (Å²) in [7, 11) is 1.73. The predicted molar refractivity (Wildman–Crippen MR) is 139 cm³/mol. The van der Waals surface area contributed by atoms with Crippen LogP contribution < -0.4 is 9.64 Å². The van der Waals surface area contributed by atoms with Crippen LogP contribution in [0.4, 0.5) is 5.69 Å². The van der Waals surface area contributed by atoms with Gasteiger partial charge in [-0.15, -0.1) is 11.8 Å². The number of aryl methyl sites for hydroxylation is 2. The number of anilines is 1. The molecule has 2 fully saturated rings. The minimum Gasteiger partial charge on any atom is -0.496 e. The average molecular weight is 479 g/mol. The number of carbonyl (C=O) groups is 1. The predicted octanol–water partition coefficient (Wildman–Crippen LogP) is 5.19. The molecule has 34 heavy (non-hydrogen) atoms. The van der Waals surface area contributed by atoms with Gasteiger partial charge in [-0.2, -0.15) is 5.10 Å². The number of carbonyl (C=O) groups excluding carboxylic acids is 1. The van der Waals surface area contributed by atoms with Gasteiger partial charge < -0.3 is 14.5 Å². The standard InChI is InChI=1S/C27H34N4O2S/c1-18-15-19(2)25(23(16-18)33-3)21-7-5-8-22-26(27(34-4)28-31(21)22)30(17-20-10-11-20)14-13-29-12-6-9-24(29)32/h5,7-8,15-16,20H,6,9-14,17H2,1-4H3. The van der Waals surface area contributed by atoms with Crippen LogP contribution in [-0.2, 0) is 4.79 Å². The molecule has 0 atom stereocenters. The fourth-order valence-corrected chi connectivity index (χ4v) is 5.76. The van der Waals surface area contributed by atoms with Crippen LogP contribution in [0, 0.1) is 19.8 Å². The molecule has 0 N–H and O–H groups in total. The first-order valence-electron chi connectivity index (χ1n) is 12.2. The molecule has 0 radical (unpaired) electrons. The van der Waals surface area contributed by atoms with Crippen molar-refractivity contribution in [1.29, 1.82) is 0 Å². The molecular weight excluding hydrogens is 444 g/mol. The number of benzene rings is 1. The van der Waals surface area contributed by atoms with Crippen LogP contribution in [0.25, 0.3) is 16.8 Å². The largest absolute Gasteiger partial charge is 0.496 e. The number of rotatable bonds is 9. The summed E-state index contributed by atoms with van der Waals surface area (Å²) < 4.78 is 7.88. The van der Waals surface area contributed by atoms with Gasteiger partial charge in [0, 0.05) is 38.2 Å². The van der Waals surface area contributed by atoms with Gasteiger partial charge in [-0.05, 0) is 74.6 Å². The molecule has 1 aromatic carbocycles. The molecule has 3 heterocycles. The SMILES string of the molecule is COc1cc(C)cc(C)c1-c1cccc2c(N(CCN3CCCC3=O)CC3CC3)c(SC)nn12. The van der Waals surface area contributed by atoms with Crippen molar-refractivity contribution in [2.24, 2.45) is 5.92 Å². The summed E-state index contributed by atoms with van der Waals surface area (Å²) in [4.78, 5) is 16.7. The quantitative estimate of drug-likeness (QED) is 0.396. The highest BCUT2D eigenvalue weighted by Gasteiger charge is 2.29. The first-order chi connectivity index (χ1) is 16.5. The Labute approximate surface area is 206 Å². The van der Waals surface area contributed by atoms with Gasteiger partial charge in [0.25, 0.3) is 0 Å². The Balaban J connectivity index is 1.59. The van der Waals surface area contributed by atoms with Gasteiger partial charge in [-0.25, -0.2) is 4.52 Å². The maximum atomic E-state index is 12.2. The van der Waals surface area contributed by atoms with Crippen molar-refractivity contribution in [1.82, 2.24) is 14.5 Å². The minimum absolute atomic E-state index is 0.292. The third-order valence-electron chi connectivity index (χ3n) is 7.02. The van der Waals surface area contributed by atoms with Crippen molar-refractivity contribution in [3.63, 3.8) is 0 Å². The second-order valence-corrected chi connectivity index (χ2v) is 10.4. The van der Waals surface area contributed by atoms with Crippen LogP contribution in [0.15, 0.2) is 35.4 Å². The number of nitrogens with zero attached hydrogens (tertiary/aromatic N) is 4. The molecule has 1 aliphatic heterocycles. The highest BCUT2D eigenvalue weighted by Crippen LogP contribution is 2.40. The summed E-state index contributed by atoms with van der Waals surface area (Å²) in [6.07, 6.45) is 6.35. The van der Waals surface area contributed by atoms with Gasteiger partial charge in [-0.1, -0.05) is 12.1 Å². The van der Waals surface area contributed by atoms with Crippen molar-refractivity contribution in [2.45, 2.75) is 44.6 Å². The van der Waals surface area contributed by atoms with Gasteiger partial charge in [0.2, 0.25) is 5.91 Å². The van der Waals surface area contributed by atoms with Crippen LogP contribution in [-0.4, -0.2) is 60.0 Å². The number of likely N-dealkylation sites (tertiary alicyclic amines) is 1. The Morgan fingerprint density at radius 3 is 2.74 bits per heavy atom. The number of aromatic nitrogens is 2. The van der Waals surface area contributed by atoms with Crippen molar-refractivity contribution < 1.29 is 9.53 Å². The molecule has 5 rings (SSSR count). The normalized spacial score (nSPS) is 16.0. The first-order valence-corrected chi connectivity index (χ1v) is 13.5. The Bertz CT molecular complexity index is 1220. The number of ether oxygens (including phenoxy) is 1. The lowest BCUT2D eigenvalue weighted by molar-refractivity contribution is -0.127. The van der Waals surface area contributed by atoms with Gasteiger partial charge in [0.05, 0.1) is 24.0 Å². The Kier molecular flexibility index (Phi) is 6.47. The van der Waals surface area contributed by atoms with Crippen LogP contribution in [0.5, 0.6) is 5.75 Å². The number of thioether (sulfide) groups is 1. The lowest BCUT2D eigenvalue weighted by Crippen LogP contribution is -2.37. The number of fused-ring (bicyclic) bond motifs is 1. The second-order valence-electron chi connectivity index (χ2n) is 9.60. The van der Waals surface area contributed by atoms with Gasteiger partial charge in [0.1, 0.15) is 10.8 Å². The van der Waals surface area contributed by atoms with Crippen LogP contribution in [0.1, 0.15) is 36.8 Å². The molecule has 0 spiro atoms. The second kappa shape index (κ2) is 9.53. The van der Waals surface area contributed by atoms with E-state index >= 15 is 0 Å². The van der Waals surface area contributed by atoms with Crippen molar-refractivity contribution in [2.75, 3.05) is 44.4 Å². The summed E-state index contributed by atoms with van der Waals surface area (Å²) in [6.45, 7) is 7.76. The molecule has 2 aromatic heterocycles. The third-order valence-corrected chi connectivity index (χ3v) is 7.68. The van der Waals surface area contributed by atoms with E-state index in [0.29, 0.717) is 12.3 Å². The van der Waals surface area contributed by atoms with E-state index in [9.17, 15) is 4.79 Å². The smallest absolute Gasteiger partial charge is 0.222 e. The monoisotopic (exact) mass is 478 g/mol. The third kappa shape index (κ3) is 4.38. The van der Waals surface area contributed by atoms with E-state index in [1.165, 1.54) is 29.7 Å². The maximum Gasteiger partial charge on any atom is 0.222 e. The van der Waals surface area contributed by atoms with Crippen molar-refractivity contribution >= 4 is 28.9 Å². The fourth-order valence-electron chi connectivity index (χ4n) is 5.17. The number of hydrogen-bond acceptors (Lipinski definition) is 5. The summed E-state index contributed by atoms with van der Waals surface area (Å²) in [5.41, 5.74) is 6.78. The summed E-state index contributed by atoms with van der Waals surface area (Å²) in [5.74, 6) is 1.90. The molecule has 0 bridgehead atoms. The maximum absolute atomic E-state index is 12.2. The topological polar surface area (TPSA) is 50.1 Å². The summed E-state index contributed by atoms with van der Waals surface area (Å²) in [5, 5.41) is 6.12. The first kappa shape index (κ1) is 23.1. The van der Waals surface area contributed by atoms with Crippen LogP contribution >= 0.6 is 11.8 Å². The van der Waals surface area contributed by atoms with E-state index in [0.717, 1.165) is 66.1 Å². The zero-order valence-electron chi connectivity index (χ0n) is 20.6. The molecule has 1 amide bonds. The van der Waals surface area contributed by atoms with E-state index in [1.54, 1.807) is 18.9 Å². The molecule has 1 saturated carbocycles. The Morgan fingerprint density at radius 2 is 2.06 bits per heavy atom. The molecular formula is C27H34N4O2S. The van der Waals surface area contributed by atoms with E-state index in [-0.39, 0.29) is 0 Å². The average Bonchev–Trinajstić information content (AvgIpc) is 3.42. The number of amides is 1. The van der Waals surface area contributed by atoms with Gasteiger partial charge in [0.15, 0.2) is 0 Å². The Hall–Kier alpha value is -2.67. The molecule has 2 aliphatic rings. The zero-order chi connectivity index (χ0) is 23.8. The molecule has 7 heteroatoms. The minimum atomic E-state index is 0.292. The summed E-state index contributed by atoms with van der Waals surface area (Å²) in [6, 6.07) is 10.7. The highest BCUT2D eigenvalue weighted by molar-refractivity contribution is 7.98. The molecule has 6 nitrogen and oxygen atoms in total. The lowest BCUT2D eigenvalue weighted by Gasteiger charge is -2.27. The lowest BCUT2D eigenvalue weighted by atomic mass is 10.0. The Morgan fingerprint density at radius 1 is 1.24 bits per heavy atom. The van der Waals surface area contributed by atoms with Crippen molar-refractivity contribution in [3.05, 3.63) is 41.5 Å². The fraction of sp³-hybridized carbons (Fsp3) is 0.481. The molecule has 0 unspecified atom stereocenters. The number of pyridine rings is 1. The highest BCUT2D eigenvalue weighted by atomic mass is 32.2. The van der Waals surface area contributed by atoms with E-state index < -0.39 is 0 Å². The van der Waals surface area contributed by atoms with Gasteiger partial charge >= 0.3 is 0 Å². The van der Waals surface area contributed by atoms with Crippen LogP contribution in [0.3, 0.4) is 0 Å². The number of hydrogen-bond donors (Lipinski definition) is 0. The van der Waals surface area contributed by atoms with Gasteiger partial charge in [-0.3, -0.25) is 4.79 Å². The zero-order valence-corrected chi connectivity index (χ0v) is 21.5. The van der Waals surface area contributed by atoms with E-state index in [2.05, 4.69) is 59.9 Å². The van der Waals surface area contributed by atoms with E-state index in [4.69, 9.17) is 9.84 Å².